The lowest BCUT2D eigenvalue weighted by Crippen LogP contribution is -1.96. The van der Waals surface area contributed by atoms with Crippen molar-refractivity contribution in [2.45, 2.75) is 19.8 Å². The maximum absolute atomic E-state index is 5.18. The fraction of sp³-hybridized carbons (Fsp3) is 0.500. The molecule has 0 atom stereocenters. The number of halogens is 1. The van der Waals surface area contributed by atoms with Crippen molar-refractivity contribution in [3.05, 3.63) is 21.9 Å². The van der Waals surface area contributed by atoms with Crippen LogP contribution >= 0.6 is 15.9 Å². The van der Waals surface area contributed by atoms with Crippen LogP contribution in [0.15, 0.2) is 21.9 Å². The first-order chi connectivity index (χ1) is 4.75. The van der Waals surface area contributed by atoms with Crippen molar-refractivity contribution < 1.29 is 4.74 Å². The molecule has 56 valence electrons. The zero-order valence-corrected chi connectivity index (χ0v) is 7.86. The van der Waals surface area contributed by atoms with Gasteiger partial charge in [0, 0.05) is 0 Å². The van der Waals surface area contributed by atoms with E-state index < -0.39 is 0 Å². The zero-order chi connectivity index (χ0) is 7.56. The average molecular weight is 203 g/mol. The standard InChI is InChI=1S/C8H11BrO/c1-6-4-3-5-7(9)8(6)10-2/h5H,3-4H2,1-2H3. The average Bonchev–Trinajstić information content (AvgIpc) is 1.88. The van der Waals surface area contributed by atoms with E-state index in [0.717, 1.165) is 23.1 Å². The number of allylic oxidation sites excluding steroid dienone is 3. The number of hydrogen-bond donors (Lipinski definition) is 0. The summed E-state index contributed by atoms with van der Waals surface area (Å²) >= 11 is 3.43. The van der Waals surface area contributed by atoms with E-state index in [4.69, 9.17) is 4.74 Å². The summed E-state index contributed by atoms with van der Waals surface area (Å²) in [6.45, 7) is 2.10. The van der Waals surface area contributed by atoms with Gasteiger partial charge in [-0.1, -0.05) is 6.08 Å². The van der Waals surface area contributed by atoms with Crippen LogP contribution in [0.25, 0.3) is 0 Å². The van der Waals surface area contributed by atoms with Crippen molar-refractivity contribution in [1.82, 2.24) is 0 Å². The highest BCUT2D eigenvalue weighted by molar-refractivity contribution is 9.11. The van der Waals surface area contributed by atoms with Gasteiger partial charge in [0.25, 0.3) is 0 Å². The molecule has 0 unspecified atom stereocenters. The molecular weight excluding hydrogens is 192 g/mol. The van der Waals surface area contributed by atoms with Gasteiger partial charge in [0.05, 0.1) is 11.6 Å². The van der Waals surface area contributed by atoms with Crippen LogP contribution in [0.5, 0.6) is 0 Å². The molecule has 0 bridgehead atoms. The van der Waals surface area contributed by atoms with Crippen molar-refractivity contribution in [1.29, 1.82) is 0 Å². The number of hydrogen-bond acceptors (Lipinski definition) is 1. The predicted molar refractivity (Wildman–Crippen MR) is 46.0 cm³/mol. The van der Waals surface area contributed by atoms with Gasteiger partial charge in [0.15, 0.2) is 0 Å². The van der Waals surface area contributed by atoms with E-state index in [0.29, 0.717) is 0 Å². The van der Waals surface area contributed by atoms with Crippen molar-refractivity contribution >= 4 is 15.9 Å². The van der Waals surface area contributed by atoms with Gasteiger partial charge >= 0.3 is 0 Å². The van der Waals surface area contributed by atoms with Crippen LogP contribution in [-0.4, -0.2) is 7.11 Å². The van der Waals surface area contributed by atoms with Crippen molar-refractivity contribution in [2.75, 3.05) is 7.11 Å². The molecule has 0 spiro atoms. The molecule has 0 heterocycles. The lowest BCUT2D eigenvalue weighted by atomic mass is 10.1. The summed E-state index contributed by atoms with van der Waals surface area (Å²) in [5, 5.41) is 0. The SMILES string of the molecule is COC1=C(C)CCC=C1Br. The third kappa shape index (κ3) is 1.43. The Labute approximate surface area is 69.9 Å². The van der Waals surface area contributed by atoms with Crippen LogP contribution < -0.4 is 0 Å². The van der Waals surface area contributed by atoms with Crippen molar-refractivity contribution in [3.63, 3.8) is 0 Å². The van der Waals surface area contributed by atoms with Crippen LogP contribution in [0.4, 0.5) is 0 Å². The second-order valence-corrected chi connectivity index (χ2v) is 3.26. The Kier molecular flexibility index (Phi) is 2.55. The molecule has 0 aromatic carbocycles. The molecule has 0 saturated heterocycles. The minimum atomic E-state index is 1.01. The molecule has 0 amide bonds. The maximum Gasteiger partial charge on any atom is 0.131 e. The highest BCUT2D eigenvalue weighted by Crippen LogP contribution is 2.28. The highest BCUT2D eigenvalue weighted by Gasteiger charge is 2.10. The molecule has 0 radical (unpaired) electrons. The van der Waals surface area contributed by atoms with Crippen molar-refractivity contribution in [2.24, 2.45) is 0 Å². The topological polar surface area (TPSA) is 9.23 Å². The first-order valence-electron chi connectivity index (χ1n) is 3.35. The summed E-state index contributed by atoms with van der Waals surface area (Å²) in [4.78, 5) is 0. The van der Waals surface area contributed by atoms with Gasteiger partial charge in [-0.3, -0.25) is 0 Å². The molecule has 0 aliphatic heterocycles. The van der Waals surface area contributed by atoms with Crippen LogP contribution in [0.1, 0.15) is 19.8 Å². The summed E-state index contributed by atoms with van der Waals surface area (Å²) in [6, 6.07) is 0. The molecule has 2 heteroatoms. The lowest BCUT2D eigenvalue weighted by Gasteiger charge is -2.13. The first-order valence-corrected chi connectivity index (χ1v) is 4.14. The van der Waals surface area contributed by atoms with Gasteiger partial charge in [-0.2, -0.15) is 0 Å². The van der Waals surface area contributed by atoms with Gasteiger partial charge in [0.2, 0.25) is 0 Å². The first kappa shape index (κ1) is 7.86. The van der Waals surface area contributed by atoms with E-state index in [1.54, 1.807) is 7.11 Å². The third-order valence-electron chi connectivity index (χ3n) is 1.65. The molecule has 0 fully saturated rings. The summed E-state index contributed by atoms with van der Waals surface area (Å²) in [7, 11) is 1.71. The van der Waals surface area contributed by atoms with Gasteiger partial charge in [-0.05, 0) is 41.3 Å². The van der Waals surface area contributed by atoms with Crippen LogP contribution in [0.2, 0.25) is 0 Å². The Morgan fingerprint density at radius 3 is 2.70 bits per heavy atom. The number of methoxy groups -OCH3 is 1. The Morgan fingerprint density at radius 2 is 2.30 bits per heavy atom. The molecule has 0 N–H and O–H groups in total. The fourth-order valence-electron chi connectivity index (χ4n) is 1.10. The van der Waals surface area contributed by atoms with E-state index in [1.807, 2.05) is 0 Å². The Morgan fingerprint density at radius 1 is 1.60 bits per heavy atom. The predicted octanol–water partition coefficient (Wildman–Crippen LogP) is 2.98. The van der Waals surface area contributed by atoms with Crippen LogP contribution in [0.3, 0.4) is 0 Å². The van der Waals surface area contributed by atoms with Crippen molar-refractivity contribution in [3.8, 4) is 0 Å². The largest absolute Gasteiger partial charge is 0.496 e. The molecule has 1 aliphatic rings. The Hall–Kier alpha value is -0.240. The monoisotopic (exact) mass is 202 g/mol. The van der Waals surface area contributed by atoms with Gasteiger partial charge in [-0.15, -0.1) is 0 Å². The normalized spacial score (nSPS) is 18.9. The van der Waals surface area contributed by atoms with E-state index in [-0.39, 0.29) is 0 Å². The Balaban J connectivity index is 2.87. The Bertz CT molecular complexity index is 191. The molecule has 0 aromatic heterocycles. The molecule has 0 aromatic rings. The van der Waals surface area contributed by atoms with Crippen LogP contribution in [0, 0.1) is 0 Å². The number of rotatable bonds is 1. The molecule has 10 heavy (non-hydrogen) atoms. The molecular formula is C8H11BrO. The lowest BCUT2D eigenvalue weighted by molar-refractivity contribution is 0.297. The second kappa shape index (κ2) is 3.24. The van der Waals surface area contributed by atoms with E-state index >= 15 is 0 Å². The second-order valence-electron chi connectivity index (χ2n) is 2.40. The molecule has 1 nitrogen and oxygen atoms in total. The smallest absolute Gasteiger partial charge is 0.131 e. The molecule has 1 rings (SSSR count). The van der Waals surface area contributed by atoms with Crippen LogP contribution in [-0.2, 0) is 4.74 Å². The highest BCUT2D eigenvalue weighted by atomic mass is 79.9. The summed E-state index contributed by atoms with van der Waals surface area (Å²) in [5.74, 6) is 1.01. The fourth-order valence-corrected chi connectivity index (χ4v) is 1.83. The summed E-state index contributed by atoms with van der Waals surface area (Å²) < 4.78 is 6.28. The zero-order valence-electron chi connectivity index (χ0n) is 6.28. The minimum Gasteiger partial charge on any atom is -0.496 e. The number of ether oxygens (including phenoxy) is 1. The molecule has 1 aliphatic carbocycles. The minimum absolute atomic E-state index is 1.01. The maximum atomic E-state index is 5.18. The third-order valence-corrected chi connectivity index (χ3v) is 2.34. The van der Waals surface area contributed by atoms with E-state index in [9.17, 15) is 0 Å². The molecule has 0 saturated carbocycles. The van der Waals surface area contributed by atoms with Gasteiger partial charge in [-0.25, -0.2) is 0 Å². The van der Waals surface area contributed by atoms with Gasteiger partial charge < -0.3 is 4.74 Å². The van der Waals surface area contributed by atoms with E-state index in [2.05, 4.69) is 28.9 Å². The summed E-state index contributed by atoms with van der Waals surface area (Å²) in [5.41, 5.74) is 1.33. The van der Waals surface area contributed by atoms with Gasteiger partial charge in [0.1, 0.15) is 5.76 Å². The summed E-state index contributed by atoms with van der Waals surface area (Å²) in [6.07, 6.45) is 4.39. The van der Waals surface area contributed by atoms with E-state index in [1.165, 1.54) is 5.57 Å². The quantitative estimate of drug-likeness (QED) is 0.636.